The topological polar surface area (TPSA) is 40.6 Å². The number of hydrogen-bond acceptors (Lipinski definition) is 2. The quantitative estimate of drug-likeness (QED) is 0.362. The van der Waals surface area contributed by atoms with Crippen molar-refractivity contribution in [3.8, 4) is 0 Å². The molecule has 0 bridgehead atoms. The van der Waals surface area contributed by atoms with Gasteiger partial charge in [0.1, 0.15) is 0 Å². The van der Waals surface area contributed by atoms with Crippen molar-refractivity contribution in [3.05, 3.63) is 96.1 Å². The Morgan fingerprint density at radius 1 is 0.531 bits per heavy atom. The van der Waals surface area contributed by atoms with Gasteiger partial charge in [-0.25, -0.2) is 0 Å². The first-order valence-corrected chi connectivity index (χ1v) is 10.6. The number of anilines is 4. The summed E-state index contributed by atoms with van der Waals surface area (Å²) in [7, 11) is 0. The van der Waals surface area contributed by atoms with E-state index in [-0.39, 0.29) is 11.8 Å². The minimum Gasteiger partial charge on any atom is -0.281 e. The van der Waals surface area contributed by atoms with E-state index < -0.39 is 0 Å². The Morgan fingerprint density at radius 3 is 1.19 bits per heavy atom. The molecule has 0 N–H and O–H groups in total. The normalized spacial score (nSPS) is 10.8. The summed E-state index contributed by atoms with van der Waals surface area (Å²) in [5, 5.41) is 1.80. The molecule has 4 nitrogen and oxygen atoms in total. The third kappa shape index (κ3) is 4.00. The molecule has 0 spiro atoms. The first-order valence-electron chi connectivity index (χ1n) is 10.6. The summed E-state index contributed by atoms with van der Waals surface area (Å²) < 4.78 is 0. The van der Waals surface area contributed by atoms with Crippen LogP contribution in [0.5, 0.6) is 0 Å². The molecule has 0 heterocycles. The van der Waals surface area contributed by atoms with Gasteiger partial charge in [-0.15, -0.1) is 0 Å². The Balaban J connectivity index is 1.92. The van der Waals surface area contributed by atoms with Crippen LogP contribution in [0.25, 0.3) is 10.8 Å². The summed E-state index contributed by atoms with van der Waals surface area (Å²) in [5.74, 6) is -0.151. The molecule has 4 aromatic carbocycles. The summed E-state index contributed by atoms with van der Waals surface area (Å²) in [6, 6.07) is 27.5. The number of nitrogens with zero attached hydrogens (tertiary/aromatic N) is 2. The maximum atomic E-state index is 12.7. The third-order valence-electron chi connectivity index (χ3n) is 5.57. The summed E-state index contributed by atoms with van der Waals surface area (Å²) in [6.45, 7) is 7.18. The Labute approximate surface area is 188 Å². The zero-order valence-corrected chi connectivity index (χ0v) is 18.8. The van der Waals surface area contributed by atoms with Crippen LogP contribution >= 0.6 is 0 Å². The highest BCUT2D eigenvalue weighted by Gasteiger charge is 2.21. The lowest BCUT2D eigenvalue weighted by molar-refractivity contribution is -0.116. The van der Waals surface area contributed by atoms with Crippen molar-refractivity contribution in [1.29, 1.82) is 0 Å². The fraction of sp³-hybridized carbons (Fsp3) is 0.143. The smallest absolute Gasteiger partial charge is 0.228 e. The van der Waals surface area contributed by atoms with Crippen LogP contribution in [-0.2, 0) is 9.59 Å². The van der Waals surface area contributed by atoms with Crippen LogP contribution in [0.15, 0.2) is 84.9 Å². The second-order valence-corrected chi connectivity index (χ2v) is 8.03. The average molecular weight is 423 g/mol. The molecule has 4 rings (SSSR count). The minimum absolute atomic E-state index is 0.0753. The number of aryl methyl sites for hydroxylation is 2. The van der Waals surface area contributed by atoms with Gasteiger partial charge in [-0.3, -0.25) is 19.4 Å². The van der Waals surface area contributed by atoms with Gasteiger partial charge < -0.3 is 0 Å². The molecule has 32 heavy (non-hydrogen) atoms. The molecule has 0 saturated heterocycles. The zero-order chi connectivity index (χ0) is 22.8. The van der Waals surface area contributed by atoms with Gasteiger partial charge in [-0.1, -0.05) is 59.7 Å². The number of hydrogen-bond donors (Lipinski definition) is 0. The minimum atomic E-state index is -0.0753. The van der Waals surface area contributed by atoms with Crippen molar-refractivity contribution >= 4 is 45.3 Å². The molecule has 2 amide bonds. The number of carbonyl (C=O) groups is 2. The largest absolute Gasteiger partial charge is 0.281 e. The fourth-order valence-electron chi connectivity index (χ4n) is 4.04. The van der Waals surface area contributed by atoms with Crippen LogP contribution < -0.4 is 9.80 Å². The lowest BCUT2D eigenvalue weighted by Gasteiger charge is -2.26. The molecule has 0 aliphatic carbocycles. The van der Waals surface area contributed by atoms with Crippen molar-refractivity contribution in [1.82, 2.24) is 0 Å². The first kappa shape index (κ1) is 21.3. The van der Waals surface area contributed by atoms with Gasteiger partial charge in [0, 0.05) is 36.0 Å². The Hall–Kier alpha value is -3.92. The summed E-state index contributed by atoms with van der Waals surface area (Å²) in [4.78, 5) is 28.9. The summed E-state index contributed by atoms with van der Waals surface area (Å²) >= 11 is 0. The highest BCUT2D eigenvalue weighted by molar-refractivity contribution is 6.13. The molecule has 160 valence electrons. The highest BCUT2D eigenvalue weighted by atomic mass is 16.2. The van der Waals surface area contributed by atoms with Crippen molar-refractivity contribution in [2.45, 2.75) is 27.7 Å². The number of fused-ring (bicyclic) bond motifs is 1. The van der Waals surface area contributed by atoms with E-state index in [0.717, 1.165) is 44.6 Å². The molecule has 4 aromatic rings. The third-order valence-corrected chi connectivity index (χ3v) is 5.57. The SMILES string of the molecule is CC(=O)N(c1ccc(C)cc1)c1cccc2c(N(C(C)=O)c3ccc(C)cc3)cccc12. The lowest BCUT2D eigenvalue weighted by Crippen LogP contribution is -2.24. The van der Waals surface area contributed by atoms with Crippen LogP contribution in [0.1, 0.15) is 25.0 Å². The number of carbonyl (C=O) groups excluding carboxylic acids is 2. The van der Waals surface area contributed by atoms with Crippen LogP contribution in [0.4, 0.5) is 22.7 Å². The van der Waals surface area contributed by atoms with Crippen LogP contribution in [0.3, 0.4) is 0 Å². The predicted molar refractivity (Wildman–Crippen MR) is 132 cm³/mol. The molecule has 0 aromatic heterocycles. The molecular formula is C28H26N2O2. The zero-order valence-electron chi connectivity index (χ0n) is 18.8. The van der Waals surface area contributed by atoms with E-state index in [1.165, 1.54) is 0 Å². The van der Waals surface area contributed by atoms with Crippen molar-refractivity contribution in [2.24, 2.45) is 0 Å². The second kappa shape index (κ2) is 8.67. The number of amides is 2. The first-order chi connectivity index (χ1) is 15.4. The second-order valence-electron chi connectivity index (χ2n) is 8.03. The Morgan fingerprint density at radius 2 is 0.875 bits per heavy atom. The lowest BCUT2D eigenvalue weighted by atomic mass is 10.0. The molecular weight excluding hydrogens is 396 g/mol. The summed E-state index contributed by atoms with van der Waals surface area (Å²) in [6.07, 6.45) is 0. The maximum Gasteiger partial charge on any atom is 0.228 e. The van der Waals surface area contributed by atoms with E-state index in [1.807, 2.05) is 98.8 Å². The molecule has 0 radical (unpaired) electrons. The monoisotopic (exact) mass is 422 g/mol. The highest BCUT2D eigenvalue weighted by Crippen LogP contribution is 2.38. The van der Waals surface area contributed by atoms with E-state index in [4.69, 9.17) is 0 Å². The molecule has 0 aliphatic heterocycles. The van der Waals surface area contributed by atoms with Crippen molar-refractivity contribution < 1.29 is 9.59 Å². The van der Waals surface area contributed by atoms with Gasteiger partial charge in [0.2, 0.25) is 11.8 Å². The van der Waals surface area contributed by atoms with E-state index in [1.54, 1.807) is 23.6 Å². The van der Waals surface area contributed by atoms with E-state index in [0.29, 0.717) is 0 Å². The van der Waals surface area contributed by atoms with Gasteiger partial charge >= 0.3 is 0 Å². The van der Waals surface area contributed by atoms with Crippen molar-refractivity contribution in [3.63, 3.8) is 0 Å². The molecule has 4 heteroatoms. The van der Waals surface area contributed by atoms with Gasteiger partial charge in [0.15, 0.2) is 0 Å². The number of rotatable bonds is 4. The standard InChI is InChI=1S/C28H26N2O2/c1-19-11-15-23(16-12-19)29(21(3)31)27-9-5-8-26-25(27)7-6-10-28(26)30(22(4)32)24-17-13-20(2)14-18-24/h5-18H,1-4H3. The van der Waals surface area contributed by atoms with E-state index >= 15 is 0 Å². The fourth-order valence-corrected chi connectivity index (χ4v) is 4.04. The predicted octanol–water partition coefficient (Wildman–Crippen LogP) is 6.83. The van der Waals surface area contributed by atoms with Gasteiger partial charge in [0.05, 0.1) is 11.4 Å². The van der Waals surface area contributed by atoms with Gasteiger partial charge in [-0.2, -0.15) is 0 Å². The number of benzene rings is 4. The van der Waals surface area contributed by atoms with Gasteiger partial charge in [-0.05, 0) is 50.2 Å². The van der Waals surface area contributed by atoms with E-state index in [9.17, 15) is 9.59 Å². The van der Waals surface area contributed by atoms with Crippen LogP contribution in [0.2, 0.25) is 0 Å². The molecule has 0 atom stereocenters. The van der Waals surface area contributed by atoms with Crippen molar-refractivity contribution in [2.75, 3.05) is 9.80 Å². The molecule has 0 fully saturated rings. The molecule has 0 aliphatic rings. The Bertz CT molecular complexity index is 1190. The van der Waals surface area contributed by atoms with E-state index in [2.05, 4.69) is 0 Å². The average Bonchev–Trinajstić information content (AvgIpc) is 2.77. The Kier molecular flexibility index (Phi) is 5.78. The van der Waals surface area contributed by atoms with Gasteiger partial charge in [0.25, 0.3) is 0 Å². The summed E-state index contributed by atoms with van der Waals surface area (Å²) in [5.41, 5.74) is 5.45. The molecule has 0 saturated carbocycles. The maximum absolute atomic E-state index is 12.7. The molecule has 0 unspecified atom stereocenters. The van der Waals surface area contributed by atoms with Crippen LogP contribution in [0, 0.1) is 13.8 Å². The van der Waals surface area contributed by atoms with Crippen LogP contribution in [-0.4, -0.2) is 11.8 Å².